The van der Waals surface area contributed by atoms with Crippen molar-refractivity contribution in [3.05, 3.63) is 42.2 Å². The van der Waals surface area contributed by atoms with Gasteiger partial charge in [-0.3, -0.25) is 4.79 Å². The normalized spacial score (nSPS) is 15.1. The largest absolute Gasteiger partial charge is 0.459 e. The summed E-state index contributed by atoms with van der Waals surface area (Å²) in [6.45, 7) is 2.81. The monoisotopic (exact) mass is 462 g/mol. The lowest BCUT2D eigenvalue weighted by atomic mass is 10.2. The minimum absolute atomic E-state index is 0.0296. The van der Waals surface area contributed by atoms with E-state index in [1.807, 2.05) is 0 Å². The summed E-state index contributed by atoms with van der Waals surface area (Å²) >= 11 is 1.08. The second-order valence-electron chi connectivity index (χ2n) is 7.13. The number of aryl methyl sites for hydroxylation is 1. The average Bonchev–Trinajstić information content (AvgIpc) is 3.46. The topological polar surface area (TPSA) is 119 Å². The van der Waals surface area contributed by atoms with Gasteiger partial charge in [-0.1, -0.05) is 24.2 Å². The zero-order chi connectivity index (χ0) is 21.8. The molecule has 4 rings (SSSR count). The molecule has 2 aromatic heterocycles. The van der Waals surface area contributed by atoms with Crippen LogP contribution in [0.1, 0.15) is 24.8 Å². The fraction of sp³-hybridized carbons (Fsp3) is 0.350. The Balaban J connectivity index is 1.40. The van der Waals surface area contributed by atoms with E-state index < -0.39 is 10.0 Å². The Hall–Kier alpha value is -2.63. The van der Waals surface area contributed by atoms with E-state index in [1.54, 1.807) is 31.2 Å². The number of hydrogen-bond donors (Lipinski definition) is 1. The third-order valence-electron chi connectivity index (χ3n) is 4.87. The molecule has 1 saturated heterocycles. The molecule has 0 bridgehead atoms. The predicted octanol–water partition coefficient (Wildman–Crippen LogP) is 3.54. The maximum absolute atomic E-state index is 13.0. The average molecular weight is 463 g/mol. The van der Waals surface area contributed by atoms with E-state index in [0.29, 0.717) is 30.1 Å². The summed E-state index contributed by atoms with van der Waals surface area (Å²) in [6, 6.07) is 8.31. The van der Waals surface area contributed by atoms with Crippen LogP contribution in [0.4, 0.5) is 5.69 Å². The fourth-order valence-electron chi connectivity index (χ4n) is 3.29. The molecule has 3 heterocycles. The second kappa shape index (κ2) is 9.25. The van der Waals surface area contributed by atoms with E-state index in [-0.39, 0.29) is 27.7 Å². The number of carbonyl (C=O) groups excluding carboxylic acids is 1. The third kappa shape index (κ3) is 5.00. The first kappa shape index (κ1) is 21.6. The van der Waals surface area contributed by atoms with Gasteiger partial charge in [0.15, 0.2) is 5.76 Å². The van der Waals surface area contributed by atoms with Crippen molar-refractivity contribution in [2.75, 3.05) is 24.2 Å². The molecule has 11 heteroatoms. The number of anilines is 1. The van der Waals surface area contributed by atoms with Crippen LogP contribution in [0.2, 0.25) is 0 Å². The molecule has 0 radical (unpaired) electrons. The van der Waals surface area contributed by atoms with E-state index >= 15 is 0 Å². The van der Waals surface area contributed by atoms with Crippen LogP contribution in [0.3, 0.4) is 0 Å². The van der Waals surface area contributed by atoms with Crippen LogP contribution in [-0.4, -0.2) is 47.7 Å². The summed E-state index contributed by atoms with van der Waals surface area (Å²) in [4.78, 5) is 12.6. The lowest BCUT2D eigenvalue weighted by molar-refractivity contribution is -0.113. The van der Waals surface area contributed by atoms with Gasteiger partial charge < -0.3 is 14.2 Å². The van der Waals surface area contributed by atoms with E-state index in [1.165, 1.54) is 16.6 Å². The summed E-state index contributed by atoms with van der Waals surface area (Å²) in [5.74, 6) is 0.403. The molecule has 1 fully saturated rings. The first-order valence-electron chi connectivity index (χ1n) is 9.84. The molecule has 1 amide bonds. The number of piperidine rings is 1. The molecule has 1 N–H and O–H groups in total. The van der Waals surface area contributed by atoms with Crippen molar-refractivity contribution in [2.45, 2.75) is 36.3 Å². The van der Waals surface area contributed by atoms with Gasteiger partial charge in [0, 0.05) is 18.8 Å². The predicted molar refractivity (Wildman–Crippen MR) is 115 cm³/mol. The lowest BCUT2D eigenvalue weighted by Crippen LogP contribution is -2.36. The highest BCUT2D eigenvalue weighted by atomic mass is 32.2. The highest BCUT2D eigenvalue weighted by Crippen LogP contribution is 2.27. The molecular formula is C20H22N4O5S2. The quantitative estimate of drug-likeness (QED) is 0.530. The smallest absolute Gasteiger partial charge is 0.284 e. The van der Waals surface area contributed by atoms with Crippen LogP contribution in [-0.2, 0) is 14.8 Å². The number of hydrogen-bond acceptors (Lipinski definition) is 8. The molecule has 0 atom stereocenters. The second-order valence-corrected chi connectivity index (χ2v) is 9.97. The number of rotatable bonds is 7. The SMILES string of the molecule is Cc1ccc(NC(=O)CSc2nnc(-c3ccco3)o2)cc1S(=O)(=O)N1CCCCC1. The van der Waals surface area contributed by atoms with Gasteiger partial charge in [0.2, 0.25) is 15.9 Å². The van der Waals surface area contributed by atoms with Gasteiger partial charge in [-0.05, 0) is 49.6 Å². The summed E-state index contributed by atoms with van der Waals surface area (Å²) in [7, 11) is -3.59. The van der Waals surface area contributed by atoms with E-state index in [2.05, 4.69) is 15.5 Å². The maximum atomic E-state index is 13.0. The number of thioether (sulfide) groups is 1. The van der Waals surface area contributed by atoms with E-state index in [0.717, 1.165) is 31.0 Å². The van der Waals surface area contributed by atoms with Crippen LogP contribution in [0.15, 0.2) is 55.5 Å². The molecule has 0 unspecified atom stereocenters. The van der Waals surface area contributed by atoms with Crippen LogP contribution >= 0.6 is 11.8 Å². The number of amides is 1. The molecule has 3 aromatic rings. The summed E-state index contributed by atoms with van der Waals surface area (Å²) < 4.78 is 38.2. The summed E-state index contributed by atoms with van der Waals surface area (Å²) in [5, 5.41) is 10.7. The number of aromatic nitrogens is 2. The minimum atomic E-state index is -3.59. The summed E-state index contributed by atoms with van der Waals surface area (Å²) in [5.41, 5.74) is 1.07. The zero-order valence-corrected chi connectivity index (χ0v) is 18.5. The van der Waals surface area contributed by atoms with Crippen LogP contribution < -0.4 is 5.32 Å². The van der Waals surface area contributed by atoms with Crippen molar-refractivity contribution in [3.63, 3.8) is 0 Å². The van der Waals surface area contributed by atoms with Crippen LogP contribution in [0.5, 0.6) is 0 Å². The van der Waals surface area contributed by atoms with Gasteiger partial charge in [0.1, 0.15) is 0 Å². The van der Waals surface area contributed by atoms with Gasteiger partial charge >= 0.3 is 0 Å². The number of carbonyl (C=O) groups is 1. The molecule has 1 aliphatic rings. The Morgan fingerprint density at radius 2 is 2.00 bits per heavy atom. The Bertz CT molecular complexity index is 1150. The lowest BCUT2D eigenvalue weighted by Gasteiger charge is -2.26. The van der Waals surface area contributed by atoms with Crippen molar-refractivity contribution >= 4 is 33.4 Å². The standard InChI is InChI=1S/C20H22N4O5S2/c1-14-7-8-15(12-17(14)31(26,27)24-9-3-2-4-10-24)21-18(25)13-30-20-23-22-19(29-20)16-6-5-11-28-16/h5-8,11-12H,2-4,9-10,13H2,1H3,(H,21,25). The Morgan fingerprint density at radius 3 is 2.74 bits per heavy atom. The highest BCUT2D eigenvalue weighted by molar-refractivity contribution is 7.99. The van der Waals surface area contributed by atoms with Gasteiger partial charge in [-0.2, -0.15) is 4.31 Å². The molecule has 164 valence electrons. The van der Waals surface area contributed by atoms with Gasteiger partial charge in [0.25, 0.3) is 11.1 Å². The van der Waals surface area contributed by atoms with Crippen molar-refractivity contribution < 1.29 is 22.0 Å². The first-order valence-corrected chi connectivity index (χ1v) is 12.3. The number of nitrogens with one attached hydrogen (secondary N) is 1. The molecule has 0 spiro atoms. The molecule has 0 saturated carbocycles. The maximum Gasteiger partial charge on any atom is 0.284 e. The Morgan fingerprint density at radius 1 is 1.19 bits per heavy atom. The zero-order valence-electron chi connectivity index (χ0n) is 16.9. The molecule has 1 aliphatic heterocycles. The van der Waals surface area contributed by atoms with E-state index in [9.17, 15) is 13.2 Å². The highest BCUT2D eigenvalue weighted by Gasteiger charge is 2.27. The van der Waals surface area contributed by atoms with Crippen molar-refractivity contribution in [1.82, 2.24) is 14.5 Å². The van der Waals surface area contributed by atoms with Gasteiger partial charge in [-0.25, -0.2) is 8.42 Å². The number of benzene rings is 1. The number of nitrogens with zero attached hydrogens (tertiary/aromatic N) is 3. The molecule has 1 aromatic carbocycles. The van der Waals surface area contributed by atoms with Crippen molar-refractivity contribution in [2.24, 2.45) is 0 Å². The Kier molecular flexibility index (Phi) is 6.44. The summed E-state index contributed by atoms with van der Waals surface area (Å²) in [6.07, 6.45) is 4.27. The van der Waals surface area contributed by atoms with Gasteiger partial charge in [0.05, 0.1) is 16.9 Å². The Labute approximate surface area is 184 Å². The van der Waals surface area contributed by atoms with Gasteiger partial charge in [-0.15, -0.1) is 10.2 Å². The molecule has 0 aliphatic carbocycles. The first-order chi connectivity index (χ1) is 14.9. The number of sulfonamides is 1. The van der Waals surface area contributed by atoms with E-state index in [4.69, 9.17) is 8.83 Å². The molecule has 9 nitrogen and oxygen atoms in total. The molecular weight excluding hydrogens is 440 g/mol. The van der Waals surface area contributed by atoms with Crippen molar-refractivity contribution in [3.8, 4) is 11.7 Å². The van der Waals surface area contributed by atoms with Crippen LogP contribution in [0.25, 0.3) is 11.7 Å². The van der Waals surface area contributed by atoms with Crippen molar-refractivity contribution in [1.29, 1.82) is 0 Å². The fourth-order valence-corrected chi connectivity index (χ4v) is 5.62. The number of furan rings is 1. The minimum Gasteiger partial charge on any atom is -0.459 e. The third-order valence-corrected chi connectivity index (χ3v) is 7.73. The van der Waals surface area contributed by atoms with Crippen LogP contribution in [0, 0.1) is 6.92 Å². The molecule has 31 heavy (non-hydrogen) atoms.